The fraction of sp³-hybridized carbons (Fsp3) is 0.733. The van der Waals surface area contributed by atoms with Crippen LogP contribution < -0.4 is 10.0 Å². The van der Waals surface area contributed by atoms with Crippen molar-refractivity contribution in [1.82, 2.24) is 14.9 Å². The van der Waals surface area contributed by atoms with E-state index >= 15 is 0 Å². The predicted octanol–water partition coefficient (Wildman–Crippen LogP) is -0.670. The van der Waals surface area contributed by atoms with E-state index in [1.54, 1.807) is 6.92 Å². The van der Waals surface area contributed by atoms with Crippen LogP contribution in [0, 0.1) is 11.8 Å². The van der Waals surface area contributed by atoms with E-state index < -0.39 is 29.3 Å². The number of carboxylic acids is 1. The minimum Gasteiger partial charge on any atom is -0.477 e. The van der Waals surface area contributed by atoms with Crippen molar-refractivity contribution in [3.05, 3.63) is 10.6 Å². The van der Waals surface area contributed by atoms with Crippen LogP contribution in [-0.2, 0) is 20.9 Å². The van der Waals surface area contributed by atoms with E-state index in [-0.39, 0.29) is 34.9 Å². The highest BCUT2D eigenvalue weighted by molar-refractivity contribution is 8.03. The Morgan fingerprint density at radius 3 is 2.81 bits per heavy atom. The molecule has 0 aromatic rings. The van der Waals surface area contributed by atoms with E-state index in [1.165, 1.54) is 16.7 Å². The average Bonchev–Trinajstić information content (AvgIpc) is 3.08. The number of aliphatic carboxylic acids is 1. The lowest BCUT2D eigenvalue weighted by atomic mass is 9.79. The molecule has 146 valence electrons. The van der Waals surface area contributed by atoms with Gasteiger partial charge in [-0.15, -0.1) is 11.8 Å². The topological polar surface area (TPSA) is 139 Å². The van der Waals surface area contributed by atoms with Gasteiger partial charge in [0.1, 0.15) is 5.70 Å². The van der Waals surface area contributed by atoms with E-state index in [0.29, 0.717) is 18.0 Å². The molecule has 5 N–H and O–H groups in total. The monoisotopic (exact) mass is 405 g/mol. The second-order valence-electron chi connectivity index (χ2n) is 6.95. The van der Waals surface area contributed by atoms with Crippen molar-refractivity contribution in [2.45, 2.75) is 43.7 Å². The zero-order valence-electron chi connectivity index (χ0n) is 14.4. The minimum absolute atomic E-state index is 0.0260. The Kier molecular flexibility index (Phi) is 5.75. The van der Waals surface area contributed by atoms with Gasteiger partial charge in [0.05, 0.1) is 18.1 Å². The summed E-state index contributed by atoms with van der Waals surface area (Å²) in [5.41, 5.74) is 0.0347. The summed E-state index contributed by atoms with van der Waals surface area (Å²) in [4.78, 5) is 26.1. The number of aliphatic hydroxyl groups is 1. The summed E-state index contributed by atoms with van der Waals surface area (Å²) < 4.78 is 22.0. The molecule has 7 unspecified atom stereocenters. The molecule has 3 heterocycles. The van der Waals surface area contributed by atoms with Crippen LogP contribution in [0.3, 0.4) is 0 Å². The summed E-state index contributed by atoms with van der Waals surface area (Å²) in [6, 6.07) is -0.280. The van der Waals surface area contributed by atoms with Gasteiger partial charge in [0.25, 0.3) is 0 Å². The summed E-state index contributed by atoms with van der Waals surface area (Å²) in [5, 5.41) is 22.8. The van der Waals surface area contributed by atoms with Crippen LogP contribution in [0.15, 0.2) is 10.6 Å². The highest BCUT2D eigenvalue weighted by atomic mass is 32.2. The first-order valence-corrected chi connectivity index (χ1v) is 10.4. The predicted molar refractivity (Wildman–Crippen MR) is 96.2 cm³/mol. The Bertz CT molecular complexity index is 670. The smallest absolute Gasteiger partial charge is 0.353 e. The zero-order valence-corrected chi connectivity index (χ0v) is 16.0. The molecule has 0 aromatic heterocycles. The molecule has 3 aliphatic rings. The maximum atomic E-state index is 12.3. The number of hydrogen-bond acceptors (Lipinski definition) is 6. The SMILES string of the molecule is CC(O)C1C(=O)N2C(C(=O)O)=C(SC3CNC(CNS(=O)O)C3)C(C)C12. The quantitative estimate of drug-likeness (QED) is 0.278. The summed E-state index contributed by atoms with van der Waals surface area (Å²) in [7, 11) is 0. The molecule has 7 atom stereocenters. The lowest BCUT2D eigenvalue weighted by molar-refractivity contribution is -0.163. The molecule has 0 aliphatic carbocycles. The van der Waals surface area contributed by atoms with E-state index in [0.717, 1.165) is 6.42 Å². The highest BCUT2D eigenvalue weighted by Crippen LogP contribution is 2.51. The molecule has 0 saturated carbocycles. The van der Waals surface area contributed by atoms with Crippen molar-refractivity contribution >= 4 is 34.9 Å². The molecule has 3 rings (SSSR count). The van der Waals surface area contributed by atoms with Crippen molar-refractivity contribution in [2.75, 3.05) is 13.1 Å². The molecule has 26 heavy (non-hydrogen) atoms. The van der Waals surface area contributed by atoms with E-state index in [9.17, 15) is 24.0 Å². The maximum Gasteiger partial charge on any atom is 0.353 e. The Morgan fingerprint density at radius 1 is 1.54 bits per heavy atom. The third kappa shape index (κ3) is 3.43. The first-order chi connectivity index (χ1) is 12.2. The lowest BCUT2D eigenvalue weighted by Crippen LogP contribution is -2.63. The number of β-lactam (4-membered cyclic amide) rings is 1. The van der Waals surface area contributed by atoms with Gasteiger partial charge in [-0.25, -0.2) is 13.7 Å². The normalized spacial score (nSPS) is 36.1. The van der Waals surface area contributed by atoms with Gasteiger partial charge < -0.3 is 20.4 Å². The van der Waals surface area contributed by atoms with Crippen LogP contribution in [0.5, 0.6) is 0 Å². The maximum absolute atomic E-state index is 12.3. The second kappa shape index (κ2) is 7.56. The largest absolute Gasteiger partial charge is 0.477 e. The molecule has 2 saturated heterocycles. The zero-order chi connectivity index (χ0) is 19.2. The van der Waals surface area contributed by atoms with Crippen molar-refractivity contribution < 1.29 is 28.6 Å². The molecular weight excluding hydrogens is 382 g/mol. The molecule has 0 aromatic carbocycles. The first-order valence-electron chi connectivity index (χ1n) is 8.45. The van der Waals surface area contributed by atoms with Gasteiger partial charge in [-0.2, -0.15) is 0 Å². The molecule has 0 spiro atoms. The number of carbonyl (C=O) groups is 2. The number of aliphatic hydroxyl groups excluding tert-OH is 1. The molecule has 0 radical (unpaired) electrons. The van der Waals surface area contributed by atoms with E-state index in [1.807, 2.05) is 6.92 Å². The minimum atomic E-state index is -2.06. The number of rotatable bonds is 7. The van der Waals surface area contributed by atoms with Crippen LogP contribution in [0.25, 0.3) is 0 Å². The van der Waals surface area contributed by atoms with Crippen molar-refractivity contribution in [3.63, 3.8) is 0 Å². The molecule has 11 heteroatoms. The van der Waals surface area contributed by atoms with E-state index in [4.69, 9.17) is 4.55 Å². The van der Waals surface area contributed by atoms with Crippen molar-refractivity contribution in [3.8, 4) is 0 Å². The molecule has 9 nitrogen and oxygen atoms in total. The fourth-order valence-corrected chi connectivity index (χ4v) is 5.92. The number of amides is 1. The number of nitrogens with one attached hydrogen (secondary N) is 2. The number of nitrogens with zero attached hydrogens (tertiary/aromatic N) is 1. The number of hydrogen-bond donors (Lipinski definition) is 5. The van der Waals surface area contributed by atoms with Crippen LogP contribution in [0.4, 0.5) is 0 Å². The molecule has 3 aliphatic heterocycles. The van der Waals surface area contributed by atoms with Crippen LogP contribution in [0.2, 0.25) is 0 Å². The first kappa shape index (κ1) is 19.8. The van der Waals surface area contributed by atoms with Crippen molar-refractivity contribution in [2.24, 2.45) is 11.8 Å². The van der Waals surface area contributed by atoms with Crippen molar-refractivity contribution in [1.29, 1.82) is 0 Å². The average molecular weight is 405 g/mol. The summed E-state index contributed by atoms with van der Waals surface area (Å²) in [5.74, 6) is -2.16. The number of thioether (sulfide) groups is 1. The Balaban J connectivity index is 1.72. The lowest BCUT2D eigenvalue weighted by Gasteiger charge is -2.46. The number of carbonyl (C=O) groups excluding carboxylic acids is 1. The van der Waals surface area contributed by atoms with Gasteiger partial charge >= 0.3 is 5.97 Å². The van der Waals surface area contributed by atoms with Gasteiger partial charge in [-0.1, -0.05) is 6.92 Å². The van der Waals surface area contributed by atoms with Gasteiger partial charge in [-0.05, 0) is 13.3 Å². The molecule has 2 fully saturated rings. The Labute approximate surface area is 158 Å². The third-order valence-corrected chi connectivity index (χ3v) is 7.16. The van der Waals surface area contributed by atoms with Gasteiger partial charge in [0, 0.05) is 35.2 Å². The Hall–Kier alpha value is -0.980. The third-order valence-electron chi connectivity index (χ3n) is 5.24. The summed E-state index contributed by atoms with van der Waals surface area (Å²) >= 11 is -0.605. The van der Waals surface area contributed by atoms with Crippen LogP contribution in [-0.4, -0.2) is 72.3 Å². The fourth-order valence-electron chi connectivity index (χ4n) is 4.06. The Morgan fingerprint density at radius 2 is 2.23 bits per heavy atom. The van der Waals surface area contributed by atoms with E-state index in [2.05, 4.69) is 10.0 Å². The van der Waals surface area contributed by atoms with Gasteiger partial charge in [0.2, 0.25) is 17.2 Å². The molecule has 1 amide bonds. The second-order valence-corrected chi connectivity index (χ2v) is 9.08. The highest BCUT2D eigenvalue weighted by Gasteiger charge is 2.60. The standard InChI is InChI=1S/C15H23N3O6S2/c1-6-11-10(7(2)19)14(20)18(11)12(15(21)22)13(6)25-9-3-8(16-5-9)4-17-26(23)24/h6-11,16-17,19H,3-5H2,1-2H3,(H,21,22)(H,23,24). The molecular formula is C15H23N3O6S2. The van der Waals surface area contributed by atoms with Crippen LogP contribution in [0.1, 0.15) is 20.3 Å². The number of carboxylic acid groups (broad SMARTS) is 1. The number of fused-ring (bicyclic) bond motifs is 1. The summed E-state index contributed by atoms with van der Waals surface area (Å²) in [6.07, 6.45) is -0.0928. The van der Waals surface area contributed by atoms with Gasteiger partial charge in [0.15, 0.2) is 0 Å². The van der Waals surface area contributed by atoms with Gasteiger partial charge in [-0.3, -0.25) is 9.35 Å². The van der Waals surface area contributed by atoms with Crippen LogP contribution >= 0.6 is 11.8 Å². The summed E-state index contributed by atoms with van der Waals surface area (Å²) in [6.45, 7) is 4.45. The molecule has 0 bridgehead atoms.